The van der Waals surface area contributed by atoms with Gasteiger partial charge < -0.3 is 4.90 Å². The van der Waals surface area contributed by atoms with Gasteiger partial charge in [0.1, 0.15) is 0 Å². The lowest BCUT2D eigenvalue weighted by Crippen LogP contribution is -2.53. The number of fused-ring (bicyclic) bond motifs is 1. The maximum Gasteiger partial charge on any atom is 0.323 e. The van der Waals surface area contributed by atoms with Crippen LogP contribution < -0.4 is 5.32 Å². The third-order valence-corrected chi connectivity index (χ3v) is 5.39. The number of rotatable bonds is 2. The summed E-state index contributed by atoms with van der Waals surface area (Å²) in [5.41, 5.74) is 0.714. The Labute approximate surface area is 156 Å². The summed E-state index contributed by atoms with van der Waals surface area (Å²) in [6, 6.07) is 7.38. The molecule has 2 aliphatic heterocycles. The molecular weight excluding hydrogens is 361 g/mol. The fourth-order valence-corrected chi connectivity index (χ4v) is 4.05. The Morgan fingerprint density at radius 3 is 2.92 bits per heavy atom. The van der Waals surface area contributed by atoms with Crippen molar-refractivity contribution in [2.45, 2.75) is 18.9 Å². The highest BCUT2D eigenvalue weighted by Gasteiger charge is 2.32. The number of urea groups is 1. The number of benzene rings is 1. The Morgan fingerprint density at radius 1 is 1.20 bits per heavy atom. The van der Waals surface area contributed by atoms with Gasteiger partial charge in [0.25, 0.3) is 0 Å². The molecule has 0 spiro atoms. The summed E-state index contributed by atoms with van der Waals surface area (Å²) in [7, 11) is 0. The molecule has 0 radical (unpaired) electrons. The van der Waals surface area contributed by atoms with E-state index in [1.165, 1.54) is 12.8 Å². The molecule has 1 atom stereocenters. The van der Waals surface area contributed by atoms with Gasteiger partial charge in [-0.15, -0.1) is 5.10 Å². The zero-order chi connectivity index (χ0) is 17.4. The summed E-state index contributed by atoms with van der Waals surface area (Å²) < 4.78 is 1.63. The summed E-state index contributed by atoms with van der Waals surface area (Å²) in [6.07, 6.45) is 4.17. The zero-order valence-corrected chi connectivity index (χ0v) is 15.2. The monoisotopic (exact) mass is 379 g/mol. The van der Waals surface area contributed by atoms with Crippen molar-refractivity contribution >= 4 is 35.1 Å². The van der Waals surface area contributed by atoms with Gasteiger partial charge in [-0.2, -0.15) is 0 Å². The van der Waals surface area contributed by atoms with Crippen LogP contribution in [-0.2, 0) is 0 Å². The van der Waals surface area contributed by atoms with Crippen molar-refractivity contribution < 1.29 is 4.79 Å². The van der Waals surface area contributed by atoms with Crippen molar-refractivity contribution in [1.29, 1.82) is 0 Å². The second-order valence-corrected chi connectivity index (χ2v) is 7.29. The Hall–Kier alpha value is -1.76. The fraction of sp³-hybridized carbons (Fsp3) is 0.412. The van der Waals surface area contributed by atoms with Gasteiger partial charge in [-0.05, 0) is 37.6 Å². The van der Waals surface area contributed by atoms with Crippen LogP contribution in [0.15, 0.2) is 30.5 Å². The largest absolute Gasteiger partial charge is 0.323 e. The number of aromatic nitrogens is 2. The first kappa shape index (κ1) is 16.7. The quantitative estimate of drug-likeness (QED) is 0.868. The molecule has 8 heteroatoms. The lowest BCUT2D eigenvalue weighted by molar-refractivity contribution is 0.124. The van der Waals surface area contributed by atoms with E-state index in [-0.39, 0.29) is 6.03 Å². The number of carbonyl (C=O) groups excluding carboxylic acids is 1. The number of hydrogen-bond donors (Lipinski definition) is 1. The highest BCUT2D eigenvalue weighted by Crippen LogP contribution is 2.25. The van der Waals surface area contributed by atoms with E-state index in [0.717, 1.165) is 26.2 Å². The molecule has 2 saturated heterocycles. The van der Waals surface area contributed by atoms with Gasteiger partial charge in [-0.1, -0.05) is 23.2 Å². The fourth-order valence-electron chi connectivity index (χ4n) is 3.56. The smallest absolute Gasteiger partial charge is 0.322 e. The Balaban J connectivity index is 1.43. The number of amides is 2. The number of nitrogens with zero attached hydrogens (tertiary/aromatic N) is 4. The summed E-state index contributed by atoms with van der Waals surface area (Å²) in [4.78, 5) is 16.9. The number of hydrogen-bond acceptors (Lipinski definition) is 3. The van der Waals surface area contributed by atoms with Crippen LogP contribution in [0.3, 0.4) is 0 Å². The number of halogens is 2. The predicted octanol–water partition coefficient (Wildman–Crippen LogP) is 3.49. The van der Waals surface area contributed by atoms with Crippen LogP contribution in [0.4, 0.5) is 10.6 Å². The van der Waals surface area contributed by atoms with E-state index < -0.39 is 0 Å². The molecule has 1 unspecified atom stereocenters. The minimum atomic E-state index is -0.0981. The predicted molar refractivity (Wildman–Crippen MR) is 98.8 cm³/mol. The van der Waals surface area contributed by atoms with E-state index >= 15 is 0 Å². The van der Waals surface area contributed by atoms with Crippen molar-refractivity contribution in [1.82, 2.24) is 19.6 Å². The topological polar surface area (TPSA) is 53.4 Å². The van der Waals surface area contributed by atoms with Crippen molar-refractivity contribution in [3.05, 3.63) is 40.5 Å². The molecule has 0 saturated carbocycles. The van der Waals surface area contributed by atoms with E-state index in [2.05, 4.69) is 15.3 Å². The van der Waals surface area contributed by atoms with Crippen LogP contribution in [0.1, 0.15) is 12.8 Å². The standard InChI is InChI=1S/C17H19Cl2N5O/c18-12-3-4-15(14(19)10-12)24-7-5-16(21-24)20-17(25)23-9-8-22-6-1-2-13(22)11-23/h3-5,7,10,13H,1-2,6,8-9,11H2,(H,20,21,25). The molecule has 0 bridgehead atoms. The van der Waals surface area contributed by atoms with E-state index in [9.17, 15) is 4.79 Å². The number of anilines is 1. The maximum atomic E-state index is 12.5. The molecule has 2 aromatic rings. The summed E-state index contributed by atoms with van der Waals surface area (Å²) in [5.74, 6) is 0.505. The lowest BCUT2D eigenvalue weighted by Gasteiger charge is -2.37. The second kappa shape index (κ2) is 6.86. The van der Waals surface area contributed by atoms with Gasteiger partial charge in [0.2, 0.25) is 0 Å². The molecule has 0 aliphatic carbocycles. The molecule has 4 rings (SSSR count). The first-order valence-corrected chi connectivity index (χ1v) is 9.17. The summed E-state index contributed by atoms with van der Waals surface area (Å²) >= 11 is 12.1. The van der Waals surface area contributed by atoms with Crippen LogP contribution in [0.5, 0.6) is 0 Å². The Morgan fingerprint density at radius 2 is 2.08 bits per heavy atom. The van der Waals surface area contributed by atoms with Gasteiger partial charge >= 0.3 is 6.03 Å². The van der Waals surface area contributed by atoms with E-state index in [4.69, 9.17) is 23.2 Å². The van der Waals surface area contributed by atoms with Crippen molar-refractivity contribution in [3.8, 4) is 5.69 Å². The van der Waals surface area contributed by atoms with Gasteiger partial charge in [0.15, 0.2) is 5.82 Å². The van der Waals surface area contributed by atoms with Crippen molar-refractivity contribution in [2.24, 2.45) is 0 Å². The number of piperazine rings is 1. The summed E-state index contributed by atoms with van der Waals surface area (Å²) in [5, 5.41) is 8.35. The molecule has 6 nitrogen and oxygen atoms in total. The summed E-state index contributed by atoms with van der Waals surface area (Å²) in [6.45, 7) is 3.65. The highest BCUT2D eigenvalue weighted by atomic mass is 35.5. The van der Waals surface area contributed by atoms with Gasteiger partial charge in [0.05, 0.1) is 10.7 Å². The molecule has 2 aliphatic rings. The number of carbonyl (C=O) groups is 1. The molecular formula is C17H19Cl2N5O. The molecule has 3 heterocycles. The molecule has 1 aromatic carbocycles. The maximum absolute atomic E-state index is 12.5. The Kier molecular flexibility index (Phi) is 4.58. The molecule has 2 fully saturated rings. The minimum Gasteiger partial charge on any atom is -0.322 e. The van der Waals surface area contributed by atoms with E-state index in [1.807, 2.05) is 4.90 Å². The van der Waals surface area contributed by atoms with Gasteiger partial charge in [0, 0.05) is 43.0 Å². The third kappa shape index (κ3) is 3.47. The normalized spacial score (nSPS) is 20.6. The lowest BCUT2D eigenvalue weighted by atomic mass is 10.2. The average Bonchev–Trinajstić information content (AvgIpc) is 3.23. The van der Waals surface area contributed by atoms with Crippen molar-refractivity contribution in [3.63, 3.8) is 0 Å². The second-order valence-electron chi connectivity index (χ2n) is 6.45. The molecule has 25 heavy (non-hydrogen) atoms. The number of nitrogens with one attached hydrogen (secondary N) is 1. The zero-order valence-electron chi connectivity index (χ0n) is 13.7. The molecule has 132 valence electrons. The third-order valence-electron chi connectivity index (χ3n) is 4.86. The first-order valence-electron chi connectivity index (χ1n) is 8.41. The first-order chi connectivity index (χ1) is 12.1. The van der Waals surface area contributed by atoms with Crippen molar-refractivity contribution in [2.75, 3.05) is 31.5 Å². The molecule has 2 amide bonds. The van der Waals surface area contributed by atoms with Crippen LogP contribution in [-0.4, -0.2) is 57.8 Å². The van der Waals surface area contributed by atoms with Crippen LogP contribution in [0, 0.1) is 0 Å². The SMILES string of the molecule is O=C(Nc1ccn(-c2ccc(Cl)cc2Cl)n1)N1CCN2CCCC2C1. The van der Waals surface area contributed by atoms with Crippen LogP contribution in [0.2, 0.25) is 10.0 Å². The molecule has 1 N–H and O–H groups in total. The average molecular weight is 380 g/mol. The minimum absolute atomic E-state index is 0.0981. The van der Waals surface area contributed by atoms with Gasteiger partial charge in [-0.3, -0.25) is 10.2 Å². The van der Waals surface area contributed by atoms with Crippen LogP contribution >= 0.6 is 23.2 Å². The van der Waals surface area contributed by atoms with E-state index in [1.54, 1.807) is 35.1 Å². The highest BCUT2D eigenvalue weighted by molar-refractivity contribution is 6.35. The molecule has 1 aromatic heterocycles. The van der Waals surface area contributed by atoms with Gasteiger partial charge in [-0.25, -0.2) is 9.48 Å². The van der Waals surface area contributed by atoms with Crippen LogP contribution in [0.25, 0.3) is 5.69 Å². The Bertz CT molecular complexity index is 793. The van der Waals surface area contributed by atoms with E-state index in [0.29, 0.717) is 27.6 Å².